The molecule has 16 heavy (non-hydrogen) atoms. The van der Waals surface area contributed by atoms with E-state index in [0.717, 1.165) is 25.9 Å². The lowest BCUT2D eigenvalue weighted by molar-refractivity contribution is 0.405. The van der Waals surface area contributed by atoms with Crippen LogP contribution >= 0.6 is 0 Å². The summed E-state index contributed by atoms with van der Waals surface area (Å²) in [6.07, 6.45) is 3.43. The Morgan fingerprint density at radius 3 is 2.94 bits per heavy atom. The fraction of sp³-hybridized carbons (Fsp3) is 0.600. The normalized spacial score (nSPS) is 17.1. The number of aromatic nitrogens is 2. The Morgan fingerprint density at radius 1 is 1.50 bits per heavy atom. The van der Waals surface area contributed by atoms with E-state index < -0.39 is 0 Å². The molecule has 0 radical (unpaired) electrons. The first-order chi connectivity index (χ1) is 7.81. The summed E-state index contributed by atoms with van der Waals surface area (Å²) in [7, 11) is 1.47. The Labute approximate surface area is 93.4 Å². The third-order valence-electron chi connectivity index (χ3n) is 2.69. The first kappa shape index (κ1) is 10.9. The summed E-state index contributed by atoms with van der Waals surface area (Å²) in [6, 6.07) is 0.351. The number of methoxy groups -OCH3 is 1. The molecule has 0 amide bonds. The standard InChI is InChI=1S/C10H16N4O2/c1-16-8-9(12-6-13-10(8)15)14-7-2-4-11-5-3-7/h6-7,11H,2-5H2,1H3,(H2,12,13,14,15). The molecule has 1 saturated heterocycles. The van der Waals surface area contributed by atoms with E-state index in [-0.39, 0.29) is 11.3 Å². The van der Waals surface area contributed by atoms with Gasteiger partial charge in [-0.15, -0.1) is 0 Å². The van der Waals surface area contributed by atoms with Gasteiger partial charge in [0.25, 0.3) is 5.56 Å². The van der Waals surface area contributed by atoms with Crippen molar-refractivity contribution in [1.29, 1.82) is 0 Å². The minimum atomic E-state index is -0.256. The number of nitrogens with zero attached hydrogens (tertiary/aromatic N) is 1. The summed E-state index contributed by atoms with van der Waals surface area (Å²) < 4.78 is 5.03. The van der Waals surface area contributed by atoms with Crippen LogP contribution < -0.4 is 20.9 Å². The van der Waals surface area contributed by atoms with Gasteiger partial charge in [0.2, 0.25) is 5.75 Å². The summed E-state index contributed by atoms with van der Waals surface area (Å²) in [5.74, 6) is 0.777. The molecule has 1 aliphatic heterocycles. The number of ether oxygens (including phenoxy) is 1. The van der Waals surface area contributed by atoms with Crippen LogP contribution in [0.25, 0.3) is 0 Å². The third kappa shape index (κ3) is 2.33. The van der Waals surface area contributed by atoms with Gasteiger partial charge in [0, 0.05) is 6.04 Å². The fourth-order valence-corrected chi connectivity index (χ4v) is 1.84. The largest absolute Gasteiger partial charge is 0.489 e. The second-order valence-corrected chi connectivity index (χ2v) is 3.78. The summed E-state index contributed by atoms with van der Waals surface area (Å²) in [4.78, 5) is 18.0. The Balaban J connectivity index is 2.13. The van der Waals surface area contributed by atoms with E-state index in [1.54, 1.807) is 0 Å². The summed E-state index contributed by atoms with van der Waals surface area (Å²) in [5, 5.41) is 6.53. The van der Waals surface area contributed by atoms with E-state index >= 15 is 0 Å². The monoisotopic (exact) mass is 224 g/mol. The molecule has 3 N–H and O–H groups in total. The molecule has 6 heteroatoms. The van der Waals surface area contributed by atoms with Crippen LogP contribution in [0.1, 0.15) is 12.8 Å². The van der Waals surface area contributed by atoms with Crippen LogP contribution in [0.15, 0.2) is 11.1 Å². The quantitative estimate of drug-likeness (QED) is 0.670. The van der Waals surface area contributed by atoms with E-state index in [1.165, 1.54) is 13.4 Å². The molecular formula is C10H16N4O2. The van der Waals surface area contributed by atoms with Crippen molar-refractivity contribution in [1.82, 2.24) is 15.3 Å². The van der Waals surface area contributed by atoms with Gasteiger partial charge < -0.3 is 20.4 Å². The van der Waals surface area contributed by atoms with E-state index in [0.29, 0.717) is 11.9 Å². The maximum atomic E-state index is 11.4. The minimum absolute atomic E-state index is 0.251. The number of aromatic amines is 1. The molecule has 2 heterocycles. The molecule has 0 spiro atoms. The molecule has 0 aromatic carbocycles. The molecule has 1 aromatic rings. The van der Waals surface area contributed by atoms with Crippen LogP contribution in [-0.2, 0) is 0 Å². The first-order valence-electron chi connectivity index (χ1n) is 5.40. The Morgan fingerprint density at radius 2 is 2.25 bits per heavy atom. The Kier molecular flexibility index (Phi) is 3.40. The lowest BCUT2D eigenvalue weighted by Crippen LogP contribution is -2.36. The highest BCUT2D eigenvalue weighted by molar-refractivity contribution is 5.48. The molecule has 0 unspecified atom stereocenters. The molecule has 6 nitrogen and oxygen atoms in total. The van der Waals surface area contributed by atoms with Crippen molar-refractivity contribution in [2.24, 2.45) is 0 Å². The van der Waals surface area contributed by atoms with Crippen LogP contribution in [0, 0.1) is 0 Å². The van der Waals surface area contributed by atoms with Gasteiger partial charge in [-0.3, -0.25) is 4.79 Å². The third-order valence-corrected chi connectivity index (χ3v) is 2.69. The zero-order valence-electron chi connectivity index (χ0n) is 9.25. The van der Waals surface area contributed by atoms with Gasteiger partial charge in [0.15, 0.2) is 5.82 Å². The number of hydrogen-bond acceptors (Lipinski definition) is 5. The molecule has 2 rings (SSSR count). The van der Waals surface area contributed by atoms with E-state index in [1.807, 2.05) is 0 Å². The number of rotatable bonds is 3. The second-order valence-electron chi connectivity index (χ2n) is 3.78. The second kappa shape index (κ2) is 4.98. The topological polar surface area (TPSA) is 79.0 Å². The molecule has 0 bridgehead atoms. The number of H-pyrrole nitrogens is 1. The number of nitrogens with one attached hydrogen (secondary N) is 3. The average Bonchev–Trinajstić information content (AvgIpc) is 2.31. The van der Waals surface area contributed by atoms with Crippen molar-refractivity contribution in [2.45, 2.75) is 18.9 Å². The van der Waals surface area contributed by atoms with Crippen molar-refractivity contribution in [3.05, 3.63) is 16.7 Å². The van der Waals surface area contributed by atoms with Crippen molar-refractivity contribution < 1.29 is 4.74 Å². The molecule has 0 aliphatic carbocycles. The van der Waals surface area contributed by atoms with E-state index in [4.69, 9.17) is 4.74 Å². The number of hydrogen-bond donors (Lipinski definition) is 3. The maximum absolute atomic E-state index is 11.4. The lowest BCUT2D eigenvalue weighted by Gasteiger charge is -2.24. The van der Waals surface area contributed by atoms with Crippen LogP contribution in [0.3, 0.4) is 0 Å². The molecular weight excluding hydrogens is 208 g/mol. The molecule has 1 aromatic heterocycles. The fourth-order valence-electron chi connectivity index (χ4n) is 1.84. The van der Waals surface area contributed by atoms with Crippen molar-refractivity contribution in [3.8, 4) is 5.75 Å². The predicted molar refractivity (Wildman–Crippen MR) is 60.9 cm³/mol. The van der Waals surface area contributed by atoms with Crippen LogP contribution in [0.2, 0.25) is 0 Å². The lowest BCUT2D eigenvalue weighted by atomic mass is 10.1. The smallest absolute Gasteiger partial charge is 0.295 e. The summed E-state index contributed by atoms with van der Waals surface area (Å²) >= 11 is 0. The molecule has 0 atom stereocenters. The SMILES string of the molecule is COc1c(NC2CCNCC2)nc[nH]c1=O. The first-order valence-corrected chi connectivity index (χ1v) is 5.40. The van der Waals surface area contributed by atoms with E-state index in [2.05, 4.69) is 20.6 Å². The van der Waals surface area contributed by atoms with Crippen LogP contribution in [0.5, 0.6) is 5.75 Å². The van der Waals surface area contributed by atoms with Gasteiger partial charge in [-0.2, -0.15) is 0 Å². The summed E-state index contributed by atoms with van der Waals surface area (Å²) in [6.45, 7) is 1.98. The zero-order valence-corrected chi connectivity index (χ0v) is 9.25. The predicted octanol–water partition coefficient (Wildman–Crippen LogP) is -0.0576. The average molecular weight is 224 g/mol. The highest BCUT2D eigenvalue weighted by Crippen LogP contribution is 2.18. The Hall–Kier alpha value is -1.56. The maximum Gasteiger partial charge on any atom is 0.295 e. The zero-order chi connectivity index (χ0) is 11.4. The van der Waals surface area contributed by atoms with Crippen LogP contribution in [0.4, 0.5) is 5.82 Å². The summed E-state index contributed by atoms with van der Waals surface area (Å²) in [5.41, 5.74) is -0.256. The van der Waals surface area contributed by atoms with Crippen molar-refractivity contribution in [3.63, 3.8) is 0 Å². The van der Waals surface area contributed by atoms with Gasteiger partial charge in [0.1, 0.15) is 0 Å². The van der Waals surface area contributed by atoms with Gasteiger partial charge in [0.05, 0.1) is 13.4 Å². The number of piperidine rings is 1. The highest BCUT2D eigenvalue weighted by atomic mass is 16.5. The molecule has 88 valence electrons. The Bertz CT molecular complexity index is 398. The molecule has 0 saturated carbocycles. The van der Waals surface area contributed by atoms with Gasteiger partial charge in [-0.25, -0.2) is 4.98 Å². The number of anilines is 1. The van der Waals surface area contributed by atoms with Gasteiger partial charge >= 0.3 is 0 Å². The van der Waals surface area contributed by atoms with Crippen molar-refractivity contribution >= 4 is 5.82 Å². The van der Waals surface area contributed by atoms with E-state index in [9.17, 15) is 4.79 Å². The minimum Gasteiger partial charge on any atom is -0.489 e. The van der Waals surface area contributed by atoms with Crippen molar-refractivity contribution in [2.75, 3.05) is 25.5 Å². The molecule has 1 fully saturated rings. The van der Waals surface area contributed by atoms with Crippen LogP contribution in [-0.4, -0.2) is 36.2 Å². The van der Waals surface area contributed by atoms with Gasteiger partial charge in [-0.05, 0) is 25.9 Å². The highest BCUT2D eigenvalue weighted by Gasteiger charge is 2.16. The molecule has 1 aliphatic rings. The van der Waals surface area contributed by atoms with Gasteiger partial charge in [-0.1, -0.05) is 0 Å².